The van der Waals surface area contributed by atoms with Gasteiger partial charge in [0, 0.05) is 11.4 Å². The molecule has 1 saturated carbocycles. The summed E-state index contributed by atoms with van der Waals surface area (Å²) in [6.45, 7) is 5.18. The van der Waals surface area contributed by atoms with Crippen molar-refractivity contribution in [3.63, 3.8) is 0 Å². The fourth-order valence-electron chi connectivity index (χ4n) is 3.37. The topological polar surface area (TPSA) is 90.3 Å². The van der Waals surface area contributed by atoms with Crippen LogP contribution in [0, 0.1) is 0 Å². The van der Waals surface area contributed by atoms with Gasteiger partial charge in [-0.2, -0.15) is 5.10 Å². The van der Waals surface area contributed by atoms with E-state index >= 15 is 0 Å². The van der Waals surface area contributed by atoms with Crippen LogP contribution in [-0.2, 0) is 9.53 Å². The Kier molecular flexibility index (Phi) is 5.58. The summed E-state index contributed by atoms with van der Waals surface area (Å²) in [5, 5.41) is 7.96. The number of carbonyl (C=O) groups excluding carboxylic acids is 2. The van der Waals surface area contributed by atoms with E-state index in [-0.39, 0.29) is 29.2 Å². The molecule has 0 aliphatic heterocycles. The zero-order valence-electron chi connectivity index (χ0n) is 15.9. The van der Waals surface area contributed by atoms with Crippen LogP contribution in [0.2, 0.25) is 0 Å². The fraction of sp³-hybridized carbons (Fsp3) is 0.500. The van der Waals surface area contributed by atoms with Gasteiger partial charge in [-0.3, -0.25) is 9.59 Å². The van der Waals surface area contributed by atoms with E-state index in [9.17, 15) is 14.4 Å². The maximum Gasteiger partial charge on any atom is 0.360 e. The summed E-state index contributed by atoms with van der Waals surface area (Å²) in [5.41, 5.74) is -0.219. The molecule has 1 N–H and O–H groups in total. The second kappa shape index (κ2) is 7.90. The van der Waals surface area contributed by atoms with Gasteiger partial charge in [-0.1, -0.05) is 31.0 Å². The van der Waals surface area contributed by atoms with E-state index in [1.165, 1.54) is 4.68 Å². The number of nitrogens with zero attached hydrogens (tertiary/aromatic N) is 2. The number of amides is 1. The van der Waals surface area contributed by atoms with E-state index in [0.717, 1.165) is 25.7 Å². The third-order valence-electron chi connectivity index (χ3n) is 4.87. The Labute approximate surface area is 157 Å². The molecule has 1 aromatic carbocycles. The van der Waals surface area contributed by atoms with Crippen LogP contribution in [0.3, 0.4) is 0 Å². The number of fused-ring (bicyclic) bond motifs is 1. The van der Waals surface area contributed by atoms with E-state index in [1.54, 1.807) is 31.2 Å². The number of ether oxygens (including phenoxy) is 1. The van der Waals surface area contributed by atoms with Crippen LogP contribution in [0.1, 0.15) is 63.0 Å². The predicted molar refractivity (Wildman–Crippen MR) is 102 cm³/mol. The monoisotopic (exact) mass is 371 g/mol. The van der Waals surface area contributed by atoms with Crippen molar-refractivity contribution >= 4 is 22.6 Å². The van der Waals surface area contributed by atoms with Crippen LogP contribution >= 0.6 is 0 Å². The normalized spacial score (nSPS) is 15.9. The van der Waals surface area contributed by atoms with Gasteiger partial charge in [-0.15, -0.1) is 0 Å². The van der Waals surface area contributed by atoms with Crippen molar-refractivity contribution in [3.8, 4) is 0 Å². The van der Waals surface area contributed by atoms with Gasteiger partial charge in [0.2, 0.25) is 0 Å². The van der Waals surface area contributed by atoms with E-state index in [1.807, 2.05) is 13.8 Å². The molecule has 1 fully saturated rings. The van der Waals surface area contributed by atoms with Gasteiger partial charge < -0.3 is 10.1 Å². The van der Waals surface area contributed by atoms with Crippen LogP contribution in [0.25, 0.3) is 10.8 Å². The highest BCUT2D eigenvalue weighted by atomic mass is 16.5. The van der Waals surface area contributed by atoms with Crippen LogP contribution < -0.4 is 10.9 Å². The quantitative estimate of drug-likeness (QED) is 0.816. The Morgan fingerprint density at radius 2 is 1.78 bits per heavy atom. The molecule has 7 heteroatoms. The molecule has 0 bridgehead atoms. The van der Waals surface area contributed by atoms with E-state index in [4.69, 9.17) is 4.74 Å². The zero-order valence-corrected chi connectivity index (χ0v) is 15.9. The van der Waals surface area contributed by atoms with Crippen molar-refractivity contribution in [1.82, 2.24) is 15.1 Å². The molecular weight excluding hydrogens is 346 g/mol. The number of rotatable bonds is 5. The minimum Gasteiger partial charge on any atom is -0.448 e. The maximum atomic E-state index is 12.7. The number of esters is 1. The lowest BCUT2D eigenvalue weighted by Gasteiger charge is -2.18. The summed E-state index contributed by atoms with van der Waals surface area (Å²) < 4.78 is 6.63. The molecule has 1 atom stereocenters. The first-order valence-corrected chi connectivity index (χ1v) is 9.41. The number of hydrogen-bond acceptors (Lipinski definition) is 5. The summed E-state index contributed by atoms with van der Waals surface area (Å²) in [7, 11) is 0. The number of nitrogens with one attached hydrogen (secondary N) is 1. The summed E-state index contributed by atoms with van der Waals surface area (Å²) in [6, 6.07) is 6.73. The molecule has 1 aromatic heterocycles. The van der Waals surface area contributed by atoms with Crippen molar-refractivity contribution in [2.75, 3.05) is 0 Å². The number of carbonyl (C=O) groups is 2. The Morgan fingerprint density at radius 3 is 2.41 bits per heavy atom. The van der Waals surface area contributed by atoms with Gasteiger partial charge in [-0.05, 0) is 39.7 Å². The van der Waals surface area contributed by atoms with E-state index < -0.39 is 12.1 Å². The Morgan fingerprint density at radius 1 is 1.15 bits per heavy atom. The van der Waals surface area contributed by atoms with Crippen LogP contribution in [0.5, 0.6) is 0 Å². The largest absolute Gasteiger partial charge is 0.448 e. The van der Waals surface area contributed by atoms with Gasteiger partial charge >= 0.3 is 5.97 Å². The number of hydrogen-bond donors (Lipinski definition) is 1. The second-order valence-corrected chi connectivity index (χ2v) is 7.28. The molecular formula is C20H25N3O4. The molecule has 2 aromatic rings. The highest BCUT2D eigenvalue weighted by Crippen LogP contribution is 2.19. The highest BCUT2D eigenvalue weighted by molar-refractivity contribution is 6.02. The van der Waals surface area contributed by atoms with E-state index in [0.29, 0.717) is 10.8 Å². The minimum atomic E-state index is -0.932. The molecule has 1 heterocycles. The van der Waals surface area contributed by atoms with Crippen LogP contribution in [0.15, 0.2) is 29.1 Å². The predicted octanol–water partition coefficient (Wildman–Crippen LogP) is 2.58. The summed E-state index contributed by atoms with van der Waals surface area (Å²) in [4.78, 5) is 37.6. The van der Waals surface area contributed by atoms with Gasteiger partial charge in [-0.25, -0.2) is 9.48 Å². The van der Waals surface area contributed by atoms with Gasteiger partial charge in [0.15, 0.2) is 11.8 Å². The smallest absolute Gasteiger partial charge is 0.360 e. The summed E-state index contributed by atoms with van der Waals surface area (Å²) in [5.74, 6) is -1.02. The Balaban J connectivity index is 1.85. The van der Waals surface area contributed by atoms with Crippen LogP contribution in [-0.4, -0.2) is 33.8 Å². The molecule has 0 radical (unpaired) electrons. The maximum absolute atomic E-state index is 12.7. The fourth-order valence-corrected chi connectivity index (χ4v) is 3.37. The van der Waals surface area contributed by atoms with Crippen molar-refractivity contribution in [1.29, 1.82) is 0 Å². The molecule has 1 aliphatic carbocycles. The lowest BCUT2D eigenvalue weighted by molar-refractivity contribution is -0.129. The standard InChI is InChI=1S/C20H25N3O4/c1-12(2)23-19(25)16-11-7-6-10-15(16)17(22-23)20(26)27-13(3)18(24)21-14-8-4-5-9-14/h6-7,10-14H,4-5,8-9H2,1-3H3,(H,21,24). The van der Waals surface area contributed by atoms with Crippen molar-refractivity contribution in [3.05, 3.63) is 40.3 Å². The first-order valence-electron chi connectivity index (χ1n) is 9.41. The van der Waals surface area contributed by atoms with Gasteiger partial charge in [0.05, 0.1) is 11.4 Å². The summed E-state index contributed by atoms with van der Waals surface area (Å²) in [6.07, 6.45) is 3.19. The molecule has 0 saturated heterocycles. The minimum absolute atomic E-state index is 0.0411. The average Bonchev–Trinajstić information content (AvgIpc) is 3.14. The third-order valence-corrected chi connectivity index (χ3v) is 4.87. The molecule has 7 nitrogen and oxygen atoms in total. The first kappa shape index (κ1) is 19.1. The molecule has 1 amide bonds. The van der Waals surface area contributed by atoms with Gasteiger partial charge in [0.1, 0.15) is 0 Å². The van der Waals surface area contributed by atoms with Gasteiger partial charge in [0.25, 0.3) is 11.5 Å². The number of aromatic nitrogens is 2. The molecule has 3 rings (SSSR count). The van der Waals surface area contributed by atoms with Crippen molar-refractivity contribution in [2.24, 2.45) is 0 Å². The van der Waals surface area contributed by atoms with Crippen molar-refractivity contribution in [2.45, 2.75) is 64.6 Å². The molecule has 1 aliphatic rings. The Bertz CT molecular complexity index is 913. The summed E-state index contributed by atoms with van der Waals surface area (Å²) >= 11 is 0. The molecule has 144 valence electrons. The number of benzene rings is 1. The SMILES string of the molecule is CC(OC(=O)c1nn(C(C)C)c(=O)c2ccccc12)C(=O)NC1CCCC1. The molecule has 1 unspecified atom stereocenters. The Hall–Kier alpha value is -2.70. The average molecular weight is 371 g/mol. The zero-order chi connectivity index (χ0) is 19.6. The lowest BCUT2D eigenvalue weighted by atomic mass is 10.1. The molecule has 27 heavy (non-hydrogen) atoms. The van der Waals surface area contributed by atoms with E-state index in [2.05, 4.69) is 10.4 Å². The lowest BCUT2D eigenvalue weighted by Crippen LogP contribution is -2.41. The van der Waals surface area contributed by atoms with Crippen LogP contribution in [0.4, 0.5) is 0 Å². The first-order chi connectivity index (χ1) is 12.9. The highest BCUT2D eigenvalue weighted by Gasteiger charge is 2.26. The molecule has 0 spiro atoms. The third kappa shape index (κ3) is 4.02. The van der Waals surface area contributed by atoms with Crippen molar-refractivity contribution < 1.29 is 14.3 Å². The second-order valence-electron chi connectivity index (χ2n) is 7.28.